The molecule has 1 fully saturated rings. The average Bonchev–Trinajstić information content (AvgIpc) is 2.14. The largest absolute Gasteiger partial charge is 0.387 e. The molecule has 4 nitrogen and oxygen atoms in total. The second kappa shape index (κ2) is 6.36. The van der Waals surface area contributed by atoms with Gasteiger partial charge in [-0.1, -0.05) is 27.2 Å². The number of amides is 1. The highest BCUT2D eigenvalue weighted by atomic mass is 16.3. The van der Waals surface area contributed by atoms with Crippen molar-refractivity contribution >= 4 is 5.91 Å². The van der Waals surface area contributed by atoms with Crippen molar-refractivity contribution in [3.63, 3.8) is 0 Å². The molecule has 0 aromatic heterocycles. The lowest BCUT2D eigenvalue weighted by molar-refractivity contribution is -0.133. The minimum atomic E-state index is -0.535. The van der Waals surface area contributed by atoms with Crippen molar-refractivity contribution < 1.29 is 9.90 Å². The monoisotopic (exact) mass is 242 g/mol. The van der Waals surface area contributed by atoms with Gasteiger partial charge in [0.15, 0.2) is 0 Å². The molecule has 0 aromatic carbocycles. The Morgan fingerprint density at radius 2 is 2.12 bits per heavy atom. The Kier molecular flexibility index (Phi) is 5.40. The molecule has 0 aliphatic carbocycles. The quantitative estimate of drug-likeness (QED) is 0.700. The van der Waals surface area contributed by atoms with Crippen molar-refractivity contribution in [1.82, 2.24) is 10.2 Å². The van der Waals surface area contributed by atoms with Crippen molar-refractivity contribution in [1.29, 1.82) is 0 Å². The van der Waals surface area contributed by atoms with Crippen molar-refractivity contribution in [2.45, 2.75) is 45.6 Å². The molecular weight excluding hydrogens is 216 g/mol. The van der Waals surface area contributed by atoms with E-state index in [0.29, 0.717) is 25.6 Å². The first-order valence-corrected chi connectivity index (χ1v) is 6.66. The normalized spacial score (nSPS) is 19.1. The van der Waals surface area contributed by atoms with E-state index < -0.39 is 5.60 Å². The summed E-state index contributed by atoms with van der Waals surface area (Å²) < 4.78 is 0. The van der Waals surface area contributed by atoms with E-state index in [1.54, 1.807) is 0 Å². The maximum Gasteiger partial charge on any atom is 0.234 e. The number of hydrogen-bond donors (Lipinski definition) is 2. The summed E-state index contributed by atoms with van der Waals surface area (Å²) in [7, 11) is 0. The fraction of sp³-hybridized carbons (Fsp3) is 0.923. The van der Waals surface area contributed by atoms with Crippen LogP contribution >= 0.6 is 0 Å². The second-order valence-corrected chi connectivity index (χ2v) is 5.65. The van der Waals surface area contributed by atoms with Gasteiger partial charge in [-0.2, -0.15) is 0 Å². The Labute approximate surface area is 104 Å². The summed E-state index contributed by atoms with van der Waals surface area (Å²) >= 11 is 0. The fourth-order valence-corrected chi connectivity index (χ4v) is 2.28. The minimum absolute atomic E-state index is 0.0733. The van der Waals surface area contributed by atoms with Crippen LogP contribution in [0.2, 0.25) is 0 Å². The standard InChI is InChI=1S/C13H26N2O2/c1-4-6-13(17)9-15(10-13)8-12(16)14-7-5-11(2)3/h11,17H,4-10H2,1-3H3,(H,14,16). The molecule has 17 heavy (non-hydrogen) atoms. The predicted molar refractivity (Wildman–Crippen MR) is 68.8 cm³/mol. The van der Waals surface area contributed by atoms with E-state index >= 15 is 0 Å². The predicted octanol–water partition coefficient (Wildman–Crippen LogP) is 0.995. The highest BCUT2D eigenvalue weighted by molar-refractivity contribution is 5.78. The van der Waals surface area contributed by atoms with Crippen LogP contribution in [0.25, 0.3) is 0 Å². The Balaban J connectivity index is 2.09. The highest BCUT2D eigenvalue weighted by Gasteiger charge is 2.40. The van der Waals surface area contributed by atoms with E-state index in [0.717, 1.165) is 25.8 Å². The van der Waals surface area contributed by atoms with Crippen LogP contribution in [0.4, 0.5) is 0 Å². The molecule has 1 rings (SSSR count). The number of nitrogens with zero attached hydrogens (tertiary/aromatic N) is 1. The van der Waals surface area contributed by atoms with E-state index in [9.17, 15) is 9.90 Å². The number of nitrogens with one attached hydrogen (secondary N) is 1. The lowest BCUT2D eigenvalue weighted by atomic mass is 9.89. The lowest BCUT2D eigenvalue weighted by Crippen LogP contribution is -2.63. The van der Waals surface area contributed by atoms with Gasteiger partial charge >= 0.3 is 0 Å². The SMILES string of the molecule is CCCC1(O)CN(CC(=O)NCCC(C)C)C1. The molecular formula is C13H26N2O2. The van der Waals surface area contributed by atoms with Crippen molar-refractivity contribution in [2.24, 2.45) is 5.92 Å². The van der Waals surface area contributed by atoms with Gasteiger partial charge in [0, 0.05) is 19.6 Å². The lowest BCUT2D eigenvalue weighted by Gasteiger charge is -2.46. The maximum atomic E-state index is 11.6. The number of β-amino-alcohol motifs (C(OH)–C–C–N with tert-alkyl or cyclic N) is 1. The van der Waals surface area contributed by atoms with Crippen LogP contribution in [0, 0.1) is 5.92 Å². The summed E-state index contributed by atoms with van der Waals surface area (Å²) in [4.78, 5) is 13.6. The van der Waals surface area contributed by atoms with Crippen LogP contribution in [0.15, 0.2) is 0 Å². The molecule has 1 saturated heterocycles. The van der Waals surface area contributed by atoms with Gasteiger partial charge in [-0.3, -0.25) is 9.69 Å². The Bertz CT molecular complexity index is 248. The minimum Gasteiger partial charge on any atom is -0.387 e. The zero-order valence-corrected chi connectivity index (χ0v) is 11.3. The first-order chi connectivity index (χ1) is 7.95. The molecule has 0 bridgehead atoms. The van der Waals surface area contributed by atoms with Gasteiger partial charge in [0.1, 0.15) is 0 Å². The molecule has 0 unspecified atom stereocenters. The molecule has 0 aromatic rings. The number of aliphatic hydroxyl groups is 1. The molecule has 0 radical (unpaired) electrons. The maximum absolute atomic E-state index is 11.6. The molecule has 1 aliphatic rings. The Hall–Kier alpha value is -0.610. The third-order valence-corrected chi connectivity index (χ3v) is 3.16. The van der Waals surface area contributed by atoms with Gasteiger partial charge in [0.05, 0.1) is 12.1 Å². The average molecular weight is 242 g/mol. The molecule has 0 spiro atoms. The summed E-state index contributed by atoms with van der Waals surface area (Å²) in [6.45, 7) is 8.81. The Morgan fingerprint density at radius 1 is 1.47 bits per heavy atom. The van der Waals surface area contributed by atoms with Gasteiger partial charge < -0.3 is 10.4 Å². The van der Waals surface area contributed by atoms with E-state index in [-0.39, 0.29) is 5.91 Å². The fourth-order valence-electron chi connectivity index (χ4n) is 2.28. The third kappa shape index (κ3) is 5.04. The number of likely N-dealkylation sites (tertiary alicyclic amines) is 1. The summed E-state index contributed by atoms with van der Waals surface area (Å²) in [6, 6.07) is 0. The number of carbonyl (C=O) groups excluding carboxylic acids is 1. The van der Waals surface area contributed by atoms with Crippen molar-refractivity contribution in [3.8, 4) is 0 Å². The van der Waals surface area contributed by atoms with Crippen molar-refractivity contribution in [2.75, 3.05) is 26.2 Å². The molecule has 0 atom stereocenters. The van der Waals surface area contributed by atoms with Gasteiger partial charge in [0.25, 0.3) is 0 Å². The van der Waals surface area contributed by atoms with Crippen LogP contribution in [0.1, 0.15) is 40.0 Å². The molecule has 0 saturated carbocycles. The molecule has 100 valence electrons. The summed E-state index contributed by atoms with van der Waals surface area (Å²) in [6.07, 6.45) is 2.84. The smallest absolute Gasteiger partial charge is 0.234 e. The number of hydrogen-bond acceptors (Lipinski definition) is 3. The van der Waals surface area contributed by atoms with E-state index in [1.165, 1.54) is 0 Å². The van der Waals surface area contributed by atoms with Gasteiger partial charge in [-0.05, 0) is 18.8 Å². The zero-order chi connectivity index (χ0) is 12.9. The van der Waals surface area contributed by atoms with E-state index in [1.807, 2.05) is 4.90 Å². The second-order valence-electron chi connectivity index (χ2n) is 5.65. The third-order valence-electron chi connectivity index (χ3n) is 3.16. The summed E-state index contributed by atoms with van der Waals surface area (Å²) in [5.74, 6) is 0.693. The van der Waals surface area contributed by atoms with Crippen LogP contribution < -0.4 is 5.32 Å². The molecule has 4 heteroatoms. The molecule has 1 aliphatic heterocycles. The van der Waals surface area contributed by atoms with Crippen molar-refractivity contribution in [3.05, 3.63) is 0 Å². The number of carbonyl (C=O) groups is 1. The first kappa shape index (κ1) is 14.5. The van der Waals surface area contributed by atoms with Crippen LogP contribution in [0.5, 0.6) is 0 Å². The van der Waals surface area contributed by atoms with E-state index in [4.69, 9.17) is 0 Å². The van der Waals surface area contributed by atoms with Gasteiger partial charge in [-0.15, -0.1) is 0 Å². The topological polar surface area (TPSA) is 52.6 Å². The summed E-state index contributed by atoms with van der Waals surface area (Å²) in [5, 5.41) is 12.9. The van der Waals surface area contributed by atoms with Crippen LogP contribution in [0.3, 0.4) is 0 Å². The molecule has 1 heterocycles. The molecule has 2 N–H and O–H groups in total. The highest BCUT2D eigenvalue weighted by Crippen LogP contribution is 2.24. The zero-order valence-electron chi connectivity index (χ0n) is 11.3. The van der Waals surface area contributed by atoms with Crippen LogP contribution in [-0.4, -0.2) is 47.7 Å². The number of rotatable bonds is 7. The van der Waals surface area contributed by atoms with Crippen LogP contribution in [-0.2, 0) is 4.79 Å². The first-order valence-electron chi connectivity index (χ1n) is 6.66. The van der Waals surface area contributed by atoms with Gasteiger partial charge in [-0.25, -0.2) is 0 Å². The Morgan fingerprint density at radius 3 is 2.65 bits per heavy atom. The van der Waals surface area contributed by atoms with Gasteiger partial charge in [0.2, 0.25) is 5.91 Å². The molecule has 1 amide bonds. The summed E-state index contributed by atoms with van der Waals surface area (Å²) in [5.41, 5.74) is -0.535. The van der Waals surface area contributed by atoms with E-state index in [2.05, 4.69) is 26.1 Å².